The van der Waals surface area contributed by atoms with Gasteiger partial charge in [0, 0.05) is 4.32 Å². The number of hydrogen-bond acceptors (Lipinski definition) is 1. The Bertz CT molecular complexity index is 260. The molecular formula is C11H14BrClO. The summed E-state index contributed by atoms with van der Waals surface area (Å²) < 4.78 is 0.410. The van der Waals surface area contributed by atoms with E-state index in [1.165, 1.54) is 44.6 Å². The second-order valence-corrected chi connectivity index (χ2v) is 6.71. The molecule has 14 heavy (non-hydrogen) atoms. The Balaban J connectivity index is 2.08. The molecule has 78 valence electrons. The zero-order valence-corrected chi connectivity index (χ0v) is 10.4. The van der Waals surface area contributed by atoms with Crippen molar-refractivity contribution in [3.8, 4) is 0 Å². The third-order valence-electron chi connectivity index (χ3n) is 3.78. The quantitative estimate of drug-likeness (QED) is 0.426. The summed E-state index contributed by atoms with van der Waals surface area (Å²) in [6.07, 6.45) is 10.9. The smallest absolute Gasteiger partial charge is 0.244 e. The highest BCUT2D eigenvalue weighted by molar-refractivity contribution is 9.10. The molecule has 0 unspecified atom stereocenters. The highest BCUT2D eigenvalue weighted by Crippen LogP contribution is 2.56. The lowest BCUT2D eigenvalue weighted by Gasteiger charge is -2.49. The number of alkyl halides is 1. The molecule has 0 N–H and O–H groups in total. The Morgan fingerprint density at radius 2 is 1.64 bits per heavy atom. The number of carbonyl (C=O) groups is 1. The van der Waals surface area contributed by atoms with Gasteiger partial charge in [0.2, 0.25) is 5.24 Å². The average Bonchev–Trinajstić information content (AvgIpc) is 2.17. The van der Waals surface area contributed by atoms with E-state index in [2.05, 4.69) is 15.9 Å². The van der Waals surface area contributed by atoms with Gasteiger partial charge in [0.1, 0.15) is 0 Å². The molecule has 2 bridgehead atoms. The van der Waals surface area contributed by atoms with Gasteiger partial charge in [0.05, 0.1) is 0 Å². The van der Waals surface area contributed by atoms with Gasteiger partial charge in [-0.1, -0.05) is 22.0 Å². The van der Waals surface area contributed by atoms with Crippen molar-refractivity contribution in [2.75, 3.05) is 0 Å². The Hall–Kier alpha value is 0.180. The van der Waals surface area contributed by atoms with Crippen molar-refractivity contribution in [1.29, 1.82) is 0 Å². The van der Waals surface area contributed by atoms with Gasteiger partial charge in [0.15, 0.2) is 0 Å². The number of allylic oxidation sites excluding steroid dienone is 2. The number of hydrogen-bond donors (Lipinski definition) is 0. The minimum absolute atomic E-state index is 0.278. The molecule has 0 amide bonds. The third kappa shape index (κ3) is 2.06. The summed E-state index contributed by atoms with van der Waals surface area (Å²) in [5.41, 5.74) is 0.278. The molecule has 0 aromatic carbocycles. The van der Waals surface area contributed by atoms with Crippen LogP contribution in [0.5, 0.6) is 0 Å². The first kappa shape index (κ1) is 10.7. The second-order valence-electron chi connectivity index (χ2n) is 4.65. The van der Waals surface area contributed by atoms with Gasteiger partial charge < -0.3 is 0 Å². The fourth-order valence-electron chi connectivity index (χ4n) is 2.66. The maximum Gasteiger partial charge on any atom is 0.244 e. The van der Waals surface area contributed by atoms with Crippen LogP contribution in [0.15, 0.2) is 12.2 Å². The fourth-order valence-corrected chi connectivity index (χ4v) is 3.32. The molecule has 3 aliphatic carbocycles. The largest absolute Gasteiger partial charge is 0.276 e. The third-order valence-corrected chi connectivity index (χ3v) is 5.10. The predicted molar refractivity (Wildman–Crippen MR) is 61.8 cm³/mol. The van der Waals surface area contributed by atoms with Crippen LogP contribution in [0.1, 0.15) is 38.5 Å². The summed E-state index contributed by atoms with van der Waals surface area (Å²) >= 11 is 9.14. The molecule has 0 aromatic heterocycles. The summed E-state index contributed by atoms with van der Waals surface area (Å²) in [4.78, 5) is 10.7. The Morgan fingerprint density at radius 1 is 1.14 bits per heavy atom. The summed E-state index contributed by atoms with van der Waals surface area (Å²) in [5, 5.41) is -0.347. The van der Waals surface area contributed by atoms with E-state index in [-0.39, 0.29) is 10.7 Å². The lowest BCUT2D eigenvalue weighted by molar-refractivity contribution is -0.107. The molecule has 0 atom stereocenters. The normalized spacial score (nSPS) is 41.9. The van der Waals surface area contributed by atoms with E-state index in [4.69, 9.17) is 11.6 Å². The number of halogens is 2. The molecule has 3 aliphatic rings. The predicted octanol–water partition coefficient (Wildman–Crippen LogP) is 3.80. The maximum absolute atomic E-state index is 10.7. The van der Waals surface area contributed by atoms with Crippen molar-refractivity contribution in [3.63, 3.8) is 0 Å². The van der Waals surface area contributed by atoms with E-state index in [1.54, 1.807) is 0 Å². The van der Waals surface area contributed by atoms with Crippen molar-refractivity contribution in [1.82, 2.24) is 0 Å². The second kappa shape index (κ2) is 3.64. The van der Waals surface area contributed by atoms with E-state index in [1.807, 2.05) is 6.08 Å². The lowest BCUT2D eigenvalue weighted by atomic mass is 9.60. The zero-order valence-electron chi connectivity index (χ0n) is 8.06. The van der Waals surface area contributed by atoms with Crippen molar-refractivity contribution < 1.29 is 4.79 Å². The summed E-state index contributed by atoms with van der Waals surface area (Å²) in [5.74, 6) is 0. The zero-order chi connectivity index (χ0) is 10.2. The maximum atomic E-state index is 10.7. The topological polar surface area (TPSA) is 17.1 Å². The molecular weight excluding hydrogens is 263 g/mol. The Morgan fingerprint density at radius 3 is 2.07 bits per heavy atom. The molecule has 0 heterocycles. The van der Waals surface area contributed by atoms with Crippen LogP contribution in [-0.4, -0.2) is 9.57 Å². The molecule has 1 nitrogen and oxygen atoms in total. The molecule has 0 radical (unpaired) electrons. The number of rotatable bonds is 2. The van der Waals surface area contributed by atoms with Gasteiger partial charge in [-0.05, 0) is 61.6 Å². The Kier molecular flexibility index (Phi) is 2.78. The molecule has 3 saturated carbocycles. The van der Waals surface area contributed by atoms with Crippen LogP contribution >= 0.6 is 27.5 Å². The minimum atomic E-state index is -0.347. The number of carbonyl (C=O) groups excluding carboxylic acids is 1. The summed E-state index contributed by atoms with van der Waals surface area (Å²) in [7, 11) is 0. The van der Waals surface area contributed by atoms with Crippen LogP contribution < -0.4 is 0 Å². The molecule has 3 fully saturated rings. The highest BCUT2D eigenvalue weighted by atomic mass is 79.9. The van der Waals surface area contributed by atoms with Gasteiger partial charge >= 0.3 is 0 Å². The monoisotopic (exact) mass is 276 g/mol. The van der Waals surface area contributed by atoms with Crippen LogP contribution in [0.25, 0.3) is 0 Å². The van der Waals surface area contributed by atoms with Crippen molar-refractivity contribution in [2.45, 2.75) is 42.8 Å². The van der Waals surface area contributed by atoms with Crippen molar-refractivity contribution in [3.05, 3.63) is 12.2 Å². The molecule has 0 aliphatic heterocycles. The van der Waals surface area contributed by atoms with E-state index >= 15 is 0 Å². The molecule has 3 heteroatoms. The van der Waals surface area contributed by atoms with Crippen LogP contribution in [0.2, 0.25) is 0 Å². The molecule has 0 spiro atoms. The van der Waals surface area contributed by atoms with E-state index in [0.717, 1.165) is 0 Å². The first-order valence-corrected chi connectivity index (χ1v) is 6.29. The van der Waals surface area contributed by atoms with Gasteiger partial charge in [-0.3, -0.25) is 4.79 Å². The highest BCUT2D eigenvalue weighted by Gasteiger charge is 2.45. The van der Waals surface area contributed by atoms with E-state index in [0.29, 0.717) is 4.32 Å². The van der Waals surface area contributed by atoms with Crippen LogP contribution in [-0.2, 0) is 4.79 Å². The van der Waals surface area contributed by atoms with Gasteiger partial charge in [-0.15, -0.1) is 0 Å². The van der Waals surface area contributed by atoms with Crippen LogP contribution in [0.4, 0.5) is 0 Å². The van der Waals surface area contributed by atoms with Crippen molar-refractivity contribution in [2.24, 2.45) is 5.41 Å². The van der Waals surface area contributed by atoms with Gasteiger partial charge in [-0.25, -0.2) is 0 Å². The lowest BCUT2D eigenvalue weighted by Crippen LogP contribution is -2.41. The molecule has 0 aromatic rings. The standard InChI is InChI=1S/C11H14BrClO/c12-11-6-3-10(4-7-11,5-8-11)2-1-9(13)14/h1-2H,3-8H2/b2-1+. The average molecular weight is 278 g/mol. The van der Waals surface area contributed by atoms with Crippen LogP contribution in [0, 0.1) is 5.41 Å². The SMILES string of the molecule is O=C(Cl)/C=C/C12CCC(Br)(CC1)CC2. The molecule has 3 rings (SSSR count). The summed E-state index contributed by atoms with van der Waals surface area (Å²) in [6.45, 7) is 0. The van der Waals surface area contributed by atoms with Crippen LogP contribution in [0.3, 0.4) is 0 Å². The van der Waals surface area contributed by atoms with Crippen molar-refractivity contribution >= 4 is 32.8 Å². The summed E-state index contributed by atoms with van der Waals surface area (Å²) in [6, 6.07) is 0. The minimum Gasteiger partial charge on any atom is -0.276 e. The first-order chi connectivity index (χ1) is 6.54. The molecule has 0 saturated heterocycles. The first-order valence-electron chi connectivity index (χ1n) is 5.11. The van der Waals surface area contributed by atoms with Gasteiger partial charge in [0.25, 0.3) is 0 Å². The fraction of sp³-hybridized carbons (Fsp3) is 0.727. The Labute approximate surface area is 98.0 Å². The van der Waals surface area contributed by atoms with E-state index in [9.17, 15) is 4.79 Å². The van der Waals surface area contributed by atoms with E-state index < -0.39 is 0 Å². The number of fused-ring (bicyclic) bond motifs is 3. The van der Waals surface area contributed by atoms with Gasteiger partial charge in [-0.2, -0.15) is 0 Å².